The van der Waals surface area contributed by atoms with E-state index in [-0.39, 0.29) is 54.2 Å². The zero-order chi connectivity index (χ0) is 21.6. The SMILES string of the molecule is CC(C)(C)c1ccc([C@@H]2N[C@H](CO)[C@@H](O[Si](C)(C)C(C)(C)C)C3OCO[C@@H]32)cc1. The average Bonchev–Trinajstić information content (AvgIpc) is 3.10. The lowest BCUT2D eigenvalue weighted by Gasteiger charge is -2.48. The largest absolute Gasteiger partial charge is 0.409 e. The molecule has 29 heavy (non-hydrogen) atoms. The third-order valence-electron chi connectivity index (χ3n) is 6.86. The molecule has 0 aromatic heterocycles. The molecule has 1 aromatic rings. The molecule has 2 fully saturated rings. The van der Waals surface area contributed by atoms with E-state index in [4.69, 9.17) is 13.9 Å². The van der Waals surface area contributed by atoms with E-state index in [1.54, 1.807) is 0 Å². The van der Waals surface area contributed by atoms with Crippen molar-refractivity contribution in [3.63, 3.8) is 0 Å². The molecule has 1 aromatic carbocycles. The first-order valence-electron chi connectivity index (χ1n) is 10.7. The van der Waals surface area contributed by atoms with Crippen molar-refractivity contribution in [3.8, 4) is 0 Å². The van der Waals surface area contributed by atoms with Gasteiger partial charge in [0, 0.05) is 0 Å². The molecular weight excluding hydrogens is 382 g/mol. The summed E-state index contributed by atoms with van der Waals surface area (Å²) in [6, 6.07) is 8.48. The monoisotopic (exact) mass is 421 g/mol. The summed E-state index contributed by atoms with van der Waals surface area (Å²) in [5.41, 5.74) is 2.57. The molecule has 0 amide bonds. The van der Waals surface area contributed by atoms with Crippen molar-refractivity contribution < 1.29 is 19.0 Å². The highest BCUT2D eigenvalue weighted by molar-refractivity contribution is 6.74. The molecule has 2 aliphatic rings. The number of hydrogen-bond donors (Lipinski definition) is 2. The van der Waals surface area contributed by atoms with Gasteiger partial charge in [-0.2, -0.15) is 0 Å². The van der Waals surface area contributed by atoms with E-state index in [0.717, 1.165) is 5.56 Å². The van der Waals surface area contributed by atoms with Gasteiger partial charge < -0.3 is 24.3 Å². The molecule has 164 valence electrons. The second kappa shape index (κ2) is 8.06. The highest BCUT2D eigenvalue weighted by atomic mass is 28.4. The van der Waals surface area contributed by atoms with Gasteiger partial charge >= 0.3 is 0 Å². The van der Waals surface area contributed by atoms with Gasteiger partial charge in [0.05, 0.1) is 24.8 Å². The molecule has 6 heteroatoms. The van der Waals surface area contributed by atoms with Gasteiger partial charge in [0.1, 0.15) is 19.0 Å². The molecule has 0 spiro atoms. The maximum Gasteiger partial charge on any atom is 0.192 e. The van der Waals surface area contributed by atoms with Crippen LogP contribution in [0.5, 0.6) is 0 Å². The summed E-state index contributed by atoms with van der Waals surface area (Å²) in [5.74, 6) is 0. The zero-order valence-corrected chi connectivity index (χ0v) is 20.3. The van der Waals surface area contributed by atoms with E-state index in [2.05, 4.69) is 84.2 Å². The summed E-state index contributed by atoms with van der Waals surface area (Å²) >= 11 is 0. The average molecular weight is 422 g/mol. The highest BCUT2D eigenvalue weighted by Crippen LogP contribution is 2.42. The molecule has 5 atom stereocenters. The van der Waals surface area contributed by atoms with E-state index in [1.165, 1.54) is 5.56 Å². The first-order valence-corrected chi connectivity index (χ1v) is 13.6. The van der Waals surface area contributed by atoms with Crippen LogP contribution in [0.1, 0.15) is 58.7 Å². The van der Waals surface area contributed by atoms with Crippen molar-refractivity contribution in [2.45, 2.75) is 95.5 Å². The van der Waals surface area contributed by atoms with Gasteiger partial charge in [-0.3, -0.25) is 0 Å². The number of rotatable bonds is 4. The van der Waals surface area contributed by atoms with Crippen LogP contribution in [0.4, 0.5) is 0 Å². The molecule has 5 nitrogen and oxygen atoms in total. The van der Waals surface area contributed by atoms with Gasteiger partial charge in [0.25, 0.3) is 0 Å². The summed E-state index contributed by atoms with van der Waals surface area (Å²) in [6.07, 6.45) is -0.540. The number of piperidine rings is 1. The summed E-state index contributed by atoms with van der Waals surface area (Å²) < 4.78 is 18.7. The smallest absolute Gasteiger partial charge is 0.192 e. The van der Waals surface area contributed by atoms with Crippen LogP contribution in [0.25, 0.3) is 0 Å². The lowest BCUT2D eigenvalue weighted by atomic mass is 9.83. The molecule has 3 rings (SSSR count). The number of ether oxygens (including phenoxy) is 2. The molecule has 2 saturated heterocycles. The molecule has 2 heterocycles. The van der Waals surface area contributed by atoms with Crippen molar-refractivity contribution in [1.29, 1.82) is 0 Å². The summed E-state index contributed by atoms with van der Waals surface area (Å²) in [4.78, 5) is 0. The van der Waals surface area contributed by atoms with Crippen molar-refractivity contribution in [1.82, 2.24) is 5.32 Å². The molecule has 2 N–H and O–H groups in total. The highest BCUT2D eigenvalue weighted by Gasteiger charge is 2.52. The van der Waals surface area contributed by atoms with Crippen LogP contribution < -0.4 is 5.32 Å². The van der Waals surface area contributed by atoms with Crippen LogP contribution in [-0.4, -0.2) is 51.2 Å². The number of hydrogen-bond acceptors (Lipinski definition) is 5. The van der Waals surface area contributed by atoms with Crippen LogP contribution in [0, 0.1) is 0 Å². The van der Waals surface area contributed by atoms with Gasteiger partial charge in [-0.05, 0) is 34.7 Å². The topological polar surface area (TPSA) is 60.0 Å². The number of aliphatic hydroxyl groups is 1. The fraction of sp³-hybridized carbons (Fsp3) is 0.739. The van der Waals surface area contributed by atoms with Gasteiger partial charge in [-0.1, -0.05) is 65.8 Å². The van der Waals surface area contributed by atoms with E-state index in [0.29, 0.717) is 0 Å². The second-order valence-corrected chi connectivity index (χ2v) is 15.8. The molecule has 2 aliphatic heterocycles. The first-order chi connectivity index (χ1) is 13.3. The Bertz CT molecular complexity index is 692. The maximum atomic E-state index is 10.2. The molecule has 1 unspecified atom stereocenters. The first kappa shape index (κ1) is 22.9. The summed E-state index contributed by atoms with van der Waals surface area (Å²) in [5, 5.41) is 13.9. The lowest BCUT2D eigenvalue weighted by molar-refractivity contribution is -0.0579. The van der Waals surface area contributed by atoms with Gasteiger partial charge in [0.2, 0.25) is 0 Å². The van der Waals surface area contributed by atoms with Crippen molar-refractivity contribution in [3.05, 3.63) is 35.4 Å². The Morgan fingerprint density at radius 1 is 1.03 bits per heavy atom. The van der Waals surface area contributed by atoms with Crippen LogP contribution in [0.3, 0.4) is 0 Å². The summed E-state index contributed by atoms with van der Waals surface area (Å²) in [7, 11) is -2.03. The minimum absolute atomic E-state index is 0.00242. The fourth-order valence-electron chi connectivity index (χ4n) is 3.90. The number of aliphatic hydroxyl groups excluding tert-OH is 1. The van der Waals surface area contributed by atoms with Crippen LogP contribution >= 0.6 is 0 Å². The zero-order valence-electron chi connectivity index (χ0n) is 19.3. The Morgan fingerprint density at radius 3 is 2.14 bits per heavy atom. The third-order valence-corrected chi connectivity index (χ3v) is 11.3. The molecule has 0 radical (unpaired) electrons. The Hall–Kier alpha value is -0.763. The van der Waals surface area contributed by atoms with Crippen LogP contribution in [-0.2, 0) is 19.3 Å². The predicted molar refractivity (Wildman–Crippen MR) is 119 cm³/mol. The van der Waals surface area contributed by atoms with E-state index in [1.807, 2.05) is 0 Å². The van der Waals surface area contributed by atoms with Crippen molar-refractivity contribution >= 4 is 8.32 Å². The number of benzene rings is 1. The van der Waals surface area contributed by atoms with Crippen molar-refractivity contribution in [2.75, 3.05) is 13.4 Å². The third kappa shape index (κ3) is 4.63. The second-order valence-electron chi connectivity index (χ2n) is 11.0. The van der Waals surface area contributed by atoms with Gasteiger partial charge in [-0.25, -0.2) is 0 Å². The number of fused-ring (bicyclic) bond motifs is 1. The Morgan fingerprint density at radius 2 is 1.62 bits per heavy atom. The number of nitrogens with one attached hydrogen (secondary N) is 1. The van der Waals surface area contributed by atoms with Gasteiger partial charge in [0.15, 0.2) is 8.32 Å². The summed E-state index contributed by atoms with van der Waals surface area (Å²) in [6.45, 7) is 18.1. The van der Waals surface area contributed by atoms with E-state index < -0.39 is 8.32 Å². The maximum absolute atomic E-state index is 10.2. The Labute approximate surface area is 177 Å². The molecular formula is C23H39NO4Si. The quantitative estimate of drug-likeness (QED) is 0.716. The van der Waals surface area contributed by atoms with E-state index >= 15 is 0 Å². The Balaban J connectivity index is 1.86. The Kier molecular flexibility index (Phi) is 6.37. The standard InChI is InChI=1S/C23H39NO4Si/c1-22(2,3)16-11-9-15(10-12-16)18-20-21(27-14-26-20)19(17(13-25)24-18)28-29(7,8)23(4,5)6/h9-12,17-21,24-25H,13-14H2,1-8H3/t17-,18+,19-,20-,21?/m1/s1. The molecule has 0 saturated carbocycles. The van der Waals surface area contributed by atoms with E-state index in [9.17, 15) is 5.11 Å². The van der Waals surface area contributed by atoms with Crippen LogP contribution in [0.15, 0.2) is 24.3 Å². The van der Waals surface area contributed by atoms with Crippen molar-refractivity contribution in [2.24, 2.45) is 0 Å². The minimum atomic E-state index is -2.03. The predicted octanol–water partition coefficient (Wildman–Crippen LogP) is 4.12. The normalized spacial score (nSPS) is 31.0. The molecule has 0 aliphatic carbocycles. The van der Waals surface area contributed by atoms with Gasteiger partial charge in [-0.15, -0.1) is 0 Å². The fourth-order valence-corrected chi connectivity index (χ4v) is 5.23. The lowest BCUT2D eigenvalue weighted by Crippen LogP contribution is -2.64. The van der Waals surface area contributed by atoms with Crippen LogP contribution in [0.2, 0.25) is 18.1 Å². The molecule has 0 bridgehead atoms. The minimum Gasteiger partial charge on any atom is -0.409 e.